The smallest absolute Gasteiger partial charge is 0.338 e. The van der Waals surface area contributed by atoms with E-state index in [1.807, 2.05) is 0 Å². The summed E-state index contributed by atoms with van der Waals surface area (Å²) < 4.78 is 31.6. The molecule has 0 heterocycles. The Morgan fingerprint density at radius 3 is 2.29 bits per heavy atom. The van der Waals surface area contributed by atoms with E-state index in [2.05, 4.69) is 0 Å². The fraction of sp³-hybridized carbons (Fsp3) is 0.263. The number of Topliss-reactive ketones (excluding diaryl/α,β-unsaturated/α-hetero) is 1. The Bertz CT molecular complexity index is 988. The Labute approximate surface area is 174 Å². The number of nitrogens with zero attached hydrogens (tertiary/aromatic N) is 1. The third kappa shape index (κ3) is 5.11. The number of carbonyl (C=O) groups is 2. The third-order valence-corrected chi connectivity index (χ3v) is 6.74. The molecule has 0 unspecified atom stereocenters. The molecular formula is C19H19Cl2NO5S. The van der Waals surface area contributed by atoms with Gasteiger partial charge in [-0.25, -0.2) is 13.2 Å². The lowest BCUT2D eigenvalue weighted by Gasteiger charge is -2.19. The number of carbonyl (C=O) groups excluding carboxylic acids is 2. The molecule has 0 bridgehead atoms. The second-order valence-corrected chi connectivity index (χ2v) is 8.49. The fourth-order valence-corrected chi connectivity index (χ4v) is 4.64. The van der Waals surface area contributed by atoms with Crippen molar-refractivity contribution in [3.8, 4) is 0 Å². The van der Waals surface area contributed by atoms with Crippen LogP contribution in [0.2, 0.25) is 10.0 Å². The molecule has 0 aliphatic rings. The summed E-state index contributed by atoms with van der Waals surface area (Å²) in [5.41, 5.74) is 0.287. The van der Waals surface area contributed by atoms with Gasteiger partial charge in [0.25, 0.3) is 0 Å². The number of benzene rings is 2. The van der Waals surface area contributed by atoms with Gasteiger partial charge in [0.15, 0.2) is 12.4 Å². The molecule has 0 saturated heterocycles. The highest BCUT2D eigenvalue weighted by Crippen LogP contribution is 2.26. The molecule has 2 aromatic rings. The summed E-state index contributed by atoms with van der Waals surface area (Å²) in [5, 5.41) is 0.389. The first-order chi connectivity index (χ1) is 13.2. The molecule has 0 atom stereocenters. The van der Waals surface area contributed by atoms with Crippen molar-refractivity contribution in [2.24, 2.45) is 0 Å². The number of halogens is 2. The van der Waals surface area contributed by atoms with Gasteiger partial charge in [-0.3, -0.25) is 4.79 Å². The molecule has 0 aliphatic carbocycles. The largest absolute Gasteiger partial charge is 0.454 e. The van der Waals surface area contributed by atoms with Crippen LogP contribution in [0.4, 0.5) is 0 Å². The van der Waals surface area contributed by atoms with Crippen molar-refractivity contribution < 1.29 is 22.7 Å². The molecule has 0 aliphatic heterocycles. The van der Waals surface area contributed by atoms with Crippen LogP contribution in [0.25, 0.3) is 0 Å². The number of sulfonamides is 1. The number of hydrogen-bond acceptors (Lipinski definition) is 5. The number of ether oxygens (including phenoxy) is 1. The summed E-state index contributed by atoms with van der Waals surface area (Å²) in [7, 11) is -3.85. The summed E-state index contributed by atoms with van der Waals surface area (Å²) in [6, 6.07) is 10.1. The van der Waals surface area contributed by atoms with Gasteiger partial charge in [-0.05, 0) is 30.3 Å². The Kier molecular flexibility index (Phi) is 7.60. The van der Waals surface area contributed by atoms with Crippen LogP contribution >= 0.6 is 23.2 Å². The van der Waals surface area contributed by atoms with Gasteiger partial charge in [-0.15, -0.1) is 0 Å². The van der Waals surface area contributed by atoms with Gasteiger partial charge in [0.2, 0.25) is 10.0 Å². The predicted molar refractivity (Wildman–Crippen MR) is 108 cm³/mol. The topological polar surface area (TPSA) is 80.8 Å². The molecular weight excluding hydrogens is 425 g/mol. The van der Waals surface area contributed by atoms with Crippen molar-refractivity contribution >= 4 is 45.0 Å². The molecule has 0 aromatic heterocycles. The number of ketones is 1. The van der Waals surface area contributed by atoms with E-state index in [1.165, 1.54) is 22.5 Å². The molecule has 2 aromatic carbocycles. The van der Waals surface area contributed by atoms with Gasteiger partial charge in [-0.2, -0.15) is 4.31 Å². The van der Waals surface area contributed by atoms with Crippen molar-refractivity contribution in [2.45, 2.75) is 18.7 Å². The number of esters is 1. The van der Waals surface area contributed by atoms with Crippen LogP contribution in [0, 0.1) is 0 Å². The van der Waals surface area contributed by atoms with Crippen LogP contribution in [0.1, 0.15) is 34.6 Å². The van der Waals surface area contributed by atoms with Gasteiger partial charge in [-0.1, -0.05) is 49.2 Å². The maximum absolute atomic E-state index is 12.7. The highest BCUT2D eigenvalue weighted by molar-refractivity contribution is 7.89. The monoisotopic (exact) mass is 443 g/mol. The second kappa shape index (κ2) is 9.52. The lowest BCUT2D eigenvalue weighted by atomic mass is 10.1. The summed E-state index contributed by atoms with van der Waals surface area (Å²) in [6.07, 6.45) is 0. The van der Waals surface area contributed by atoms with Crippen molar-refractivity contribution in [3.05, 3.63) is 63.6 Å². The lowest BCUT2D eigenvalue weighted by molar-refractivity contribution is 0.0474. The van der Waals surface area contributed by atoms with Gasteiger partial charge in [0.05, 0.1) is 10.6 Å². The lowest BCUT2D eigenvalue weighted by Crippen LogP contribution is -2.31. The highest BCUT2D eigenvalue weighted by Gasteiger charge is 2.26. The summed E-state index contributed by atoms with van der Waals surface area (Å²) >= 11 is 11.9. The molecule has 150 valence electrons. The summed E-state index contributed by atoms with van der Waals surface area (Å²) in [4.78, 5) is 24.2. The van der Waals surface area contributed by atoms with Crippen molar-refractivity contribution in [1.82, 2.24) is 4.31 Å². The van der Waals surface area contributed by atoms with Crippen molar-refractivity contribution in [2.75, 3.05) is 19.7 Å². The zero-order valence-corrected chi connectivity index (χ0v) is 17.6. The van der Waals surface area contributed by atoms with Gasteiger partial charge >= 0.3 is 5.97 Å². The molecule has 9 heteroatoms. The average Bonchev–Trinajstić information content (AvgIpc) is 2.66. The minimum Gasteiger partial charge on any atom is -0.454 e. The quantitative estimate of drug-likeness (QED) is 0.453. The minimum atomic E-state index is -3.85. The minimum absolute atomic E-state index is 0.00143. The van der Waals surface area contributed by atoms with E-state index in [4.69, 9.17) is 27.9 Å². The normalized spacial score (nSPS) is 11.5. The molecule has 0 amide bonds. The van der Waals surface area contributed by atoms with E-state index in [9.17, 15) is 18.0 Å². The number of hydrogen-bond donors (Lipinski definition) is 0. The van der Waals surface area contributed by atoms with Crippen LogP contribution in [0.15, 0.2) is 47.4 Å². The van der Waals surface area contributed by atoms with Crippen molar-refractivity contribution in [3.63, 3.8) is 0 Å². The molecule has 0 spiro atoms. The first-order valence-electron chi connectivity index (χ1n) is 8.46. The Balaban J connectivity index is 2.19. The molecule has 28 heavy (non-hydrogen) atoms. The van der Waals surface area contributed by atoms with E-state index >= 15 is 0 Å². The Hall–Kier alpha value is -1.93. The molecule has 0 fully saturated rings. The van der Waals surface area contributed by atoms with Crippen LogP contribution in [-0.2, 0) is 14.8 Å². The van der Waals surface area contributed by atoms with Crippen molar-refractivity contribution in [1.29, 1.82) is 0 Å². The van der Waals surface area contributed by atoms with Crippen LogP contribution < -0.4 is 0 Å². The standard InChI is InChI=1S/C19H19Cl2NO5S/c1-3-22(4-2)28(25,26)18-11-14(8-9-16(18)21)19(24)27-12-17(23)13-6-5-7-15(20)10-13/h5-11H,3-4,12H2,1-2H3. The average molecular weight is 444 g/mol. The molecule has 0 radical (unpaired) electrons. The van der Waals surface area contributed by atoms with E-state index in [0.717, 1.165) is 6.07 Å². The SMILES string of the molecule is CCN(CC)S(=O)(=O)c1cc(C(=O)OCC(=O)c2cccc(Cl)c2)ccc1Cl. The maximum atomic E-state index is 12.7. The predicted octanol–water partition coefficient (Wildman–Crippen LogP) is 4.06. The zero-order valence-electron chi connectivity index (χ0n) is 15.3. The van der Waals surface area contributed by atoms with Gasteiger partial charge in [0, 0.05) is 23.7 Å². The van der Waals surface area contributed by atoms with Crippen LogP contribution in [-0.4, -0.2) is 44.2 Å². The van der Waals surface area contributed by atoms with E-state index in [-0.39, 0.29) is 28.6 Å². The first kappa shape index (κ1) is 22.4. The van der Waals surface area contributed by atoms with E-state index < -0.39 is 28.4 Å². The maximum Gasteiger partial charge on any atom is 0.338 e. The van der Waals surface area contributed by atoms with Gasteiger partial charge in [0.1, 0.15) is 4.90 Å². The molecule has 6 nitrogen and oxygen atoms in total. The molecule has 0 saturated carbocycles. The van der Waals surface area contributed by atoms with Gasteiger partial charge < -0.3 is 4.74 Å². The van der Waals surface area contributed by atoms with E-state index in [1.54, 1.807) is 32.0 Å². The van der Waals surface area contributed by atoms with Crippen LogP contribution in [0.5, 0.6) is 0 Å². The van der Waals surface area contributed by atoms with E-state index in [0.29, 0.717) is 10.6 Å². The van der Waals surface area contributed by atoms with Crippen LogP contribution in [0.3, 0.4) is 0 Å². The summed E-state index contributed by atoms with van der Waals surface area (Å²) in [5.74, 6) is -1.26. The second-order valence-electron chi connectivity index (χ2n) is 5.74. The highest BCUT2D eigenvalue weighted by atomic mass is 35.5. The third-order valence-electron chi connectivity index (χ3n) is 3.97. The molecule has 2 rings (SSSR count). The number of rotatable bonds is 8. The Morgan fingerprint density at radius 1 is 1.00 bits per heavy atom. The first-order valence-corrected chi connectivity index (χ1v) is 10.7. The zero-order chi connectivity index (χ0) is 20.9. The molecule has 0 N–H and O–H groups in total. The fourth-order valence-electron chi connectivity index (χ4n) is 2.49. The Morgan fingerprint density at radius 2 is 1.68 bits per heavy atom. The summed E-state index contributed by atoms with van der Waals surface area (Å²) in [6.45, 7) is 3.43.